The number of carbonyl (C=O) groups excluding carboxylic acids is 4. The van der Waals surface area contributed by atoms with E-state index in [1.165, 1.54) is 30.3 Å². The number of para-hydroxylation sites is 1. The summed E-state index contributed by atoms with van der Waals surface area (Å²) < 4.78 is 5.67. The number of carbonyl (C=O) groups is 4. The van der Waals surface area contributed by atoms with Crippen LogP contribution in [0.4, 0.5) is 16.2 Å². The van der Waals surface area contributed by atoms with Crippen molar-refractivity contribution in [3.63, 3.8) is 0 Å². The van der Waals surface area contributed by atoms with Gasteiger partial charge < -0.3 is 15.2 Å². The molecule has 3 N–H and O–H groups in total. The van der Waals surface area contributed by atoms with Gasteiger partial charge in [0.05, 0.1) is 5.69 Å². The Bertz CT molecular complexity index is 1390. The molecule has 0 aliphatic carbocycles. The molecule has 0 radical (unpaired) electrons. The molecule has 1 heterocycles. The summed E-state index contributed by atoms with van der Waals surface area (Å²) in [5, 5.41) is 14.4. The molecular formula is C27H23N3O6. The van der Waals surface area contributed by atoms with Gasteiger partial charge in [-0.05, 0) is 73.5 Å². The normalized spacial score (nSPS) is 14.6. The van der Waals surface area contributed by atoms with Crippen molar-refractivity contribution in [2.24, 2.45) is 0 Å². The summed E-state index contributed by atoms with van der Waals surface area (Å²) in [6.07, 6.45) is 1.30. The first-order valence-corrected chi connectivity index (χ1v) is 11.0. The summed E-state index contributed by atoms with van der Waals surface area (Å²) in [5.41, 5.74) is 3.05. The molecule has 3 aromatic carbocycles. The van der Waals surface area contributed by atoms with E-state index in [0.29, 0.717) is 11.3 Å². The molecule has 0 spiro atoms. The summed E-state index contributed by atoms with van der Waals surface area (Å²) in [4.78, 5) is 51.1. The van der Waals surface area contributed by atoms with Crippen LogP contribution >= 0.6 is 0 Å². The van der Waals surface area contributed by atoms with Crippen LogP contribution in [0.3, 0.4) is 0 Å². The number of phenolic OH excluding ortho intramolecular Hbond substituents is 1. The number of ether oxygens (including phenoxy) is 1. The third-order valence-electron chi connectivity index (χ3n) is 5.58. The van der Waals surface area contributed by atoms with Gasteiger partial charge in [0.1, 0.15) is 17.1 Å². The summed E-state index contributed by atoms with van der Waals surface area (Å²) in [5.74, 6) is -1.84. The zero-order valence-electron chi connectivity index (χ0n) is 19.6. The van der Waals surface area contributed by atoms with Gasteiger partial charge in [-0.25, -0.2) is 9.69 Å². The monoisotopic (exact) mass is 485 g/mol. The number of rotatable bonds is 6. The van der Waals surface area contributed by atoms with Crippen molar-refractivity contribution < 1.29 is 29.0 Å². The summed E-state index contributed by atoms with van der Waals surface area (Å²) in [7, 11) is 0. The minimum absolute atomic E-state index is 0.0388. The largest absolute Gasteiger partial charge is 0.508 e. The predicted octanol–water partition coefficient (Wildman–Crippen LogP) is 3.69. The highest BCUT2D eigenvalue weighted by Crippen LogP contribution is 2.26. The lowest BCUT2D eigenvalue weighted by Crippen LogP contribution is -2.54. The number of aromatic hydroxyl groups is 1. The molecule has 3 aromatic rings. The molecule has 0 saturated carbocycles. The van der Waals surface area contributed by atoms with Crippen LogP contribution in [0.15, 0.2) is 72.3 Å². The zero-order chi connectivity index (χ0) is 25.8. The molecular weight excluding hydrogens is 462 g/mol. The Kier molecular flexibility index (Phi) is 6.82. The Labute approximate surface area is 207 Å². The Balaban J connectivity index is 1.53. The summed E-state index contributed by atoms with van der Waals surface area (Å²) in [6, 6.07) is 16.7. The van der Waals surface area contributed by atoms with E-state index in [4.69, 9.17) is 4.74 Å². The van der Waals surface area contributed by atoms with Crippen LogP contribution in [-0.2, 0) is 14.4 Å². The van der Waals surface area contributed by atoms with E-state index < -0.39 is 17.8 Å². The SMILES string of the molecule is Cc1ccc(NC(=O)COc2ccccc2/C=C2/C(=O)NC(=O)N(c3ccc(O)cc3)C2=O)cc1C. The van der Waals surface area contributed by atoms with Crippen molar-refractivity contribution in [2.45, 2.75) is 13.8 Å². The molecule has 9 heteroatoms. The molecule has 0 aromatic heterocycles. The Hall–Kier alpha value is -4.92. The highest BCUT2D eigenvalue weighted by molar-refractivity contribution is 6.39. The first kappa shape index (κ1) is 24.2. The predicted molar refractivity (Wildman–Crippen MR) is 134 cm³/mol. The molecule has 5 amide bonds. The maximum Gasteiger partial charge on any atom is 0.335 e. The number of amides is 5. The smallest absolute Gasteiger partial charge is 0.335 e. The van der Waals surface area contributed by atoms with Gasteiger partial charge in [0, 0.05) is 11.3 Å². The summed E-state index contributed by atoms with van der Waals surface area (Å²) in [6.45, 7) is 3.63. The van der Waals surface area contributed by atoms with E-state index in [-0.39, 0.29) is 35.3 Å². The van der Waals surface area contributed by atoms with Crippen molar-refractivity contribution in [2.75, 3.05) is 16.8 Å². The van der Waals surface area contributed by atoms with Crippen molar-refractivity contribution in [3.8, 4) is 11.5 Å². The molecule has 1 aliphatic heterocycles. The highest BCUT2D eigenvalue weighted by Gasteiger charge is 2.37. The van der Waals surface area contributed by atoms with Crippen molar-refractivity contribution in [3.05, 3.63) is 89.0 Å². The van der Waals surface area contributed by atoms with E-state index in [1.54, 1.807) is 30.3 Å². The first-order chi connectivity index (χ1) is 17.2. The number of aryl methyl sites for hydroxylation is 2. The number of hydrogen-bond acceptors (Lipinski definition) is 6. The highest BCUT2D eigenvalue weighted by atomic mass is 16.5. The van der Waals surface area contributed by atoms with Crippen LogP contribution in [-0.4, -0.2) is 35.5 Å². The lowest BCUT2D eigenvalue weighted by molar-refractivity contribution is -0.122. The molecule has 1 fully saturated rings. The minimum Gasteiger partial charge on any atom is -0.508 e. The number of barbiturate groups is 1. The third kappa shape index (κ3) is 5.25. The maximum absolute atomic E-state index is 13.1. The second kappa shape index (κ2) is 10.1. The van der Waals surface area contributed by atoms with Crippen LogP contribution in [0.1, 0.15) is 16.7 Å². The number of nitrogens with zero attached hydrogens (tertiary/aromatic N) is 1. The lowest BCUT2D eigenvalue weighted by Gasteiger charge is -2.26. The van der Waals surface area contributed by atoms with Crippen molar-refractivity contribution in [1.29, 1.82) is 0 Å². The average molecular weight is 485 g/mol. The number of nitrogens with one attached hydrogen (secondary N) is 2. The molecule has 4 rings (SSSR count). The van der Waals surface area contributed by atoms with Gasteiger partial charge in [0.25, 0.3) is 17.7 Å². The van der Waals surface area contributed by atoms with Crippen LogP contribution in [0.2, 0.25) is 0 Å². The van der Waals surface area contributed by atoms with Gasteiger partial charge in [0.15, 0.2) is 6.61 Å². The molecule has 0 atom stereocenters. The molecule has 0 bridgehead atoms. The van der Waals surface area contributed by atoms with Crippen LogP contribution in [0, 0.1) is 13.8 Å². The molecule has 36 heavy (non-hydrogen) atoms. The molecule has 182 valence electrons. The standard InChI is InChI=1S/C27H23N3O6/c1-16-7-8-19(13-17(16)2)28-24(32)15-36-23-6-4-3-5-18(23)14-22-25(33)29-27(35)30(26(22)34)20-9-11-21(31)12-10-20/h3-14,31H,15H2,1-2H3,(H,28,32)(H,29,33,35)/b22-14-. The second-order valence-corrected chi connectivity index (χ2v) is 8.15. The maximum atomic E-state index is 13.1. The molecule has 9 nitrogen and oxygen atoms in total. The van der Waals surface area contributed by atoms with Gasteiger partial charge in [-0.1, -0.05) is 24.3 Å². The van der Waals surface area contributed by atoms with Gasteiger partial charge in [0.2, 0.25) is 0 Å². The third-order valence-corrected chi connectivity index (χ3v) is 5.58. The lowest BCUT2D eigenvalue weighted by atomic mass is 10.1. The van der Waals surface area contributed by atoms with Gasteiger partial charge in [-0.3, -0.25) is 19.7 Å². The van der Waals surface area contributed by atoms with E-state index in [2.05, 4.69) is 10.6 Å². The van der Waals surface area contributed by atoms with Crippen LogP contribution < -0.4 is 20.3 Å². The number of benzene rings is 3. The van der Waals surface area contributed by atoms with E-state index >= 15 is 0 Å². The Morgan fingerprint density at radius 1 is 1.00 bits per heavy atom. The van der Waals surface area contributed by atoms with Gasteiger partial charge in [-0.15, -0.1) is 0 Å². The molecule has 1 aliphatic rings. The molecule has 0 unspecified atom stereocenters. The fourth-order valence-corrected chi connectivity index (χ4v) is 3.54. The number of urea groups is 1. The fourth-order valence-electron chi connectivity index (χ4n) is 3.54. The van der Waals surface area contributed by atoms with Crippen molar-refractivity contribution >= 4 is 41.2 Å². The second-order valence-electron chi connectivity index (χ2n) is 8.15. The zero-order valence-corrected chi connectivity index (χ0v) is 19.6. The number of anilines is 2. The topological polar surface area (TPSA) is 125 Å². The van der Waals surface area contributed by atoms with E-state index in [1.807, 2.05) is 26.0 Å². The minimum atomic E-state index is -0.902. The number of hydrogen-bond donors (Lipinski definition) is 3. The first-order valence-electron chi connectivity index (χ1n) is 11.0. The van der Waals surface area contributed by atoms with E-state index in [9.17, 15) is 24.3 Å². The van der Waals surface area contributed by atoms with E-state index in [0.717, 1.165) is 16.0 Å². The van der Waals surface area contributed by atoms with Crippen LogP contribution in [0.25, 0.3) is 6.08 Å². The van der Waals surface area contributed by atoms with Gasteiger partial charge in [-0.2, -0.15) is 0 Å². The molecule has 1 saturated heterocycles. The van der Waals surface area contributed by atoms with Crippen LogP contribution in [0.5, 0.6) is 11.5 Å². The summed E-state index contributed by atoms with van der Waals surface area (Å²) >= 11 is 0. The Morgan fingerprint density at radius 2 is 1.72 bits per heavy atom. The number of imide groups is 2. The quantitative estimate of drug-likeness (QED) is 0.361. The van der Waals surface area contributed by atoms with Crippen molar-refractivity contribution in [1.82, 2.24) is 5.32 Å². The number of phenols is 1. The fraction of sp³-hybridized carbons (Fsp3) is 0.111. The Morgan fingerprint density at radius 3 is 2.44 bits per heavy atom. The average Bonchev–Trinajstić information content (AvgIpc) is 2.84. The van der Waals surface area contributed by atoms with Gasteiger partial charge >= 0.3 is 6.03 Å².